The van der Waals surface area contributed by atoms with Crippen molar-refractivity contribution in [1.29, 1.82) is 0 Å². The summed E-state index contributed by atoms with van der Waals surface area (Å²) in [6.07, 6.45) is 5.13. The summed E-state index contributed by atoms with van der Waals surface area (Å²) in [5.74, 6) is 1.08. The minimum absolute atomic E-state index is 0.338. The van der Waals surface area contributed by atoms with Crippen molar-refractivity contribution in [3.63, 3.8) is 0 Å². The number of imidazole rings is 1. The summed E-state index contributed by atoms with van der Waals surface area (Å²) in [7, 11) is 1.89. The highest BCUT2D eigenvalue weighted by atomic mass is 79.9. The maximum Gasteiger partial charge on any atom is 0.147 e. The highest BCUT2D eigenvalue weighted by Crippen LogP contribution is 2.28. The summed E-state index contributed by atoms with van der Waals surface area (Å²) in [4.78, 5) is 4.32. The molecule has 3 rings (SSSR count). The van der Waals surface area contributed by atoms with Crippen molar-refractivity contribution < 1.29 is 8.81 Å². The van der Waals surface area contributed by atoms with Crippen molar-refractivity contribution in [2.24, 2.45) is 7.05 Å². The third-order valence-electron chi connectivity index (χ3n) is 3.18. The molecule has 1 unspecified atom stereocenters. The van der Waals surface area contributed by atoms with Gasteiger partial charge in [-0.2, -0.15) is 0 Å². The van der Waals surface area contributed by atoms with Crippen LogP contribution in [-0.4, -0.2) is 9.55 Å². The lowest BCUT2D eigenvalue weighted by Gasteiger charge is -2.18. The molecule has 1 aromatic carbocycles. The van der Waals surface area contributed by atoms with Gasteiger partial charge < -0.3 is 14.3 Å². The molecule has 0 bridgehead atoms. The lowest BCUT2D eigenvalue weighted by molar-refractivity contribution is 0.487. The van der Waals surface area contributed by atoms with Gasteiger partial charge in [0, 0.05) is 23.9 Å². The van der Waals surface area contributed by atoms with Crippen molar-refractivity contribution >= 4 is 21.6 Å². The average Bonchev–Trinajstić information content (AvgIpc) is 3.10. The molecule has 0 aliphatic carbocycles. The average molecular weight is 350 g/mol. The van der Waals surface area contributed by atoms with E-state index in [4.69, 9.17) is 4.42 Å². The molecule has 21 heavy (non-hydrogen) atoms. The molecule has 4 nitrogen and oxygen atoms in total. The molecule has 0 aliphatic heterocycles. The molecular weight excluding hydrogens is 337 g/mol. The standard InChI is InChI=1S/C15H13BrFN3O/c1-20-7-6-18-15(20)14(13-3-2-8-21-13)19-12-5-4-10(16)9-11(12)17/h2-9,14,19H,1H3. The number of benzene rings is 1. The number of nitrogens with one attached hydrogen (secondary N) is 1. The van der Waals surface area contributed by atoms with Gasteiger partial charge in [0.15, 0.2) is 0 Å². The first kappa shape index (κ1) is 13.9. The number of aryl methyl sites for hydroxylation is 1. The van der Waals surface area contributed by atoms with E-state index in [0.29, 0.717) is 15.9 Å². The van der Waals surface area contributed by atoms with Gasteiger partial charge in [-0.3, -0.25) is 0 Å². The number of nitrogens with zero attached hydrogens (tertiary/aromatic N) is 2. The Kier molecular flexibility index (Phi) is 3.79. The fraction of sp³-hybridized carbons (Fsp3) is 0.133. The molecule has 108 valence electrons. The van der Waals surface area contributed by atoms with Crippen LogP contribution < -0.4 is 5.32 Å². The van der Waals surface area contributed by atoms with Gasteiger partial charge in [-0.15, -0.1) is 0 Å². The van der Waals surface area contributed by atoms with Gasteiger partial charge in [-0.25, -0.2) is 9.37 Å². The lowest BCUT2D eigenvalue weighted by atomic mass is 10.2. The Labute approximate surface area is 129 Å². The van der Waals surface area contributed by atoms with E-state index in [0.717, 1.165) is 5.82 Å². The summed E-state index contributed by atoms with van der Waals surface area (Å²) < 4.78 is 22.1. The zero-order valence-electron chi connectivity index (χ0n) is 11.3. The van der Waals surface area contributed by atoms with E-state index < -0.39 is 0 Å². The summed E-state index contributed by atoms with van der Waals surface area (Å²) in [5.41, 5.74) is 0.391. The molecule has 3 aromatic rings. The highest BCUT2D eigenvalue weighted by molar-refractivity contribution is 9.10. The molecule has 0 aliphatic rings. The predicted molar refractivity (Wildman–Crippen MR) is 81.5 cm³/mol. The van der Waals surface area contributed by atoms with Crippen molar-refractivity contribution in [2.75, 3.05) is 5.32 Å². The van der Waals surface area contributed by atoms with Crippen LogP contribution in [0.1, 0.15) is 17.6 Å². The van der Waals surface area contributed by atoms with Crippen molar-refractivity contribution in [3.05, 3.63) is 70.9 Å². The van der Waals surface area contributed by atoms with E-state index >= 15 is 0 Å². The molecule has 6 heteroatoms. The molecular formula is C15H13BrFN3O. The Bertz CT molecular complexity index is 739. The number of furan rings is 1. The van der Waals surface area contributed by atoms with Crippen LogP contribution in [0.3, 0.4) is 0 Å². The van der Waals surface area contributed by atoms with Gasteiger partial charge in [-0.05, 0) is 30.3 Å². The topological polar surface area (TPSA) is 43.0 Å². The normalized spacial score (nSPS) is 12.3. The summed E-state index contributed by atoms with van der Waals surface area (Å²) in [6.45, 7) is 0. The number of rotatable bonds is 4. The number of hydrogen-bond acceptors (Lipinski definition) is 3. The Hall–Kier alpha value is -2.08. The smallest absolute Gasteiger partial charge is 0.147 e. The van der Waals surface area contributed by atoms with E-state index in [9.17, 15) is 4.39 Å². The van der Waals surface area contributed by atoms with Crippen LogP contribution in [0.4, 0.5) is 10.1 Å². The minimum atomic E-state index is -0.365. The molecule has 0 radical (unpaired) electrons. The molecule has 2 aromatic heterocycles. The van der Waals surface area contributed by atoms with E-state index in [1.165, 1.54) is 6.07 Å². The second-order valence-electron chi connectivity index (χ2n) is 4.61. The van der Waals surface area contributed by atoms with E-state index in [1.54, 1.807) is 30.7 Å². The van der Waals surface area contributed by atoms with Gasteiger partial charge in [0.1, 0.15) is 23.4 Å². The summed E-state index contributed by atoms with van der Waals surface area (Å²) in [5, 5.41) is 3.15. The van der Waals surface area contributed by atoms with Gasteiger partial charge in [0.2, 0.25) is 0 Å². The second-order valence-corrected chi connectivity index (χ2v) is 5.53. The molecule has 0 amide bonds. The molecule has 2 heterocycles. The van der Waals surface area contributed by atoms with E-state index in [-0.39, 0.29) is 11.9 Å². The largest absolute Gasteiger partial charge is 0.467 e. The number of halogens is 2. The zero-order valence-corrected chi connectivity index (χ0v) is 12.8. The van der Waals surface area contributed by atoms with Gasteiger partial charge in [0.05, 0.1) is 12.0 Å². The molecule has 1 atom stereocenters. The summed E-state index contributed by atoms with van der Waals surface area (Å²) >= 11 is 3.25. The highest BCUT2D eigenvalue weighted by Gasteiger charge is 2.22. The monoisotopic (exact) mass is 349 g/mol. The Morgan fingerprint density at radius 1 is 1.38 bits per heavy atom. The van der Waals surface area contributed by atoms with Crippen molar-refractivity contribution in [3.8, 4) is 0 Å². The first-order valence-corrected chi connectivity index (χ1v) is 7.16. The van der Waals surface area contributed by atoms with Gasteiger partial charge in [-0.1, -0.05) is 15.9 Å². The van der Waals surface area contributed by atoms with E-state index in [1.807, 2.05) is 23.9 Å². The molecule has 1 N–H and O–H groups in total. The third-order valence-corrected chi connectivity index (χ3v) is 3.67. The Morgan fingerprint density at radius 2 is 2.24 bits per heavy atom. The van der Waals surface area contributed by atoms with Gasteiger partial charge >= 0.3 is 0 Å². The fourth-order valence-electron chi connectivity index (χ4n) is 2.14. The summed E-state index contributed by atoms with van der Waals surface area (Å²) in [6, 6.07) is 8.14. The quantitative estimate of drug-likeness (QED) is 0.770. The van der Waals surface area contributed by atoms with Crippen LogP contribution in [0.2, 0.25) is 0 Å². The molecule has 0 saturated heterocycles. The number of hydrogen-bond donors (Lipinski definition) is 1. The fourth-order valence-corrected chi connectivity index (χ4v) is 2.47. The van der Waals surface area contributed by atoms with Crippen LogP contribution in [0.15, 0.2) is 57.9 Å². The van der Waals surface area contributed by atoms with Crippen molar-refractivity contribution in [1.82, 2.24) is 9.55 Å². The first-order chi connectivity index (χ1) is 10.1. The maximum atomic E-state index is 14.0. The van der Waals surface area contributed by atoms with Crippen LogP contribution in [0.5, 0.6) is 0 Å². The molecule has 0 saturated carbocycles. The van der Waals surface area contributed by atoms with Crippen LogP contribution in [0, 0.1) is 5.82 Å². The third kappa shape index (κ3) is 2.85. The van der Waals surface area contributed by atoms with Gasteiger partial charge in [0.25, 0.3) is 0 Å². The zero-order chi connectivity index (χ0) is 14.8. The second kappa shape index (κ2) is 5.73. The molecule has 0 spiro atoms. The number of anilines is 1. The predicted octanol–water partition coefficient (Wildman–Crippen LogP) is 4.12. The van der Waals surface area contributed by atoms with Crippen LogP contribution >= 0.6 is 15.9 Å². The first-order valence-electron chi connectivity index (χ1n) is 6.37. The van der Waals surface area contributed by atoms with Crippen LogP contribution in [-0.2, 0) is 7.05 Å². The number of aromatic nitrogens is 2. The van der Waals surface area contributed by atoms with Crippen molar-refractivity contribution in [2.45, 2.75) is 6.04 Å². The lowest BCUT2D eigenvalue weighted by Crippen LogP contribution is -2.16. The molecule has 0 fully saturated rings. The SMILES string of the molecule is Cn1ccnc1C(Nc1ccc(Br)cc1F)c1ccco1. The minimum Gasteiger partial charge on any atom is -0.467 e. The van der Waals surface area contributed by atoms with E-state index in [2.05, 4.69) is 26.2 Å². The Morgan fingerprint density at radius 3 is 2.86 bits per heavy atom. The maximum absolute atomic E-state index is 14.0. The Balaban J connectivity index is 1.99. The van der Waals surface area contributed by atoms with Crippen LogP contribution in [0.25, 0.3) is 0 Å².